The number of carbonyl (C=O) groups is 3. The van der Waals surface area contributed by atoms with Gasteiger partial charge < -0.3 is 14.8 Å². The van der Waals surface area contributed by atoms with Crippen molar-refractivity contribution in [3.8, 4) is 5.75 Å². The molecule has 0 aliphatic heterocycles. The van der Waals surface area contributed by atoms with Gasteiger partial charge in [-0.1, -0.05) is 26.0 Å². The van der Waals surface area contributed by atoms with Crippen LogP contribution in [0.2, 0.25) is 0 Å². The van der Waals surface area contributed by atoms with E-state index in [0.717, 1.165) is 0 Å². The number of hydrogen-bond acceptors (Lipinski definition) is 5. The summed E-state index contributed by atoms with van der Waals surface area (Å²) in [6.07, 6.45) is 0.715. The summed E-state index contributed by atoms with van der Waals surface area (Å²) in [5, 5.41) is 2.66. The van der Waals surface area contributed by atoms with E-state index in [4.69, 9.17) is 9.47 Å². The molecule has 0 saturated carbocycles. The Bertz CT molecular complexity index is 751. The third kappa shape index (κ3) is 6.05. The lowest BCUT2D eigenvalue weighted by molar-refractivity contribution is -0.149. The highest BCUT2D eigenvalue weighted by atomic mass is 16.6. The quantitative estimate of drug-likeness (QED) is 0.581. The lowest BCUT2D eigenvalue weighted by Crippen LogP contribution is -2.23. The highest BCUT2D eigenvalue weighted by Crippen LogP contribution is 2.17. The summed E-state index contributed by atoms with van der Waals surface area (Å²) < 4.78 is 10.1. The fraction of sp³-hybridized carbons (Fsp3) is 0.250. The first-order valence-corrected chi connectivity index (χ1v) is 8.21. The van der Waals surface area contributed by atoms with Crippen LogP contribution in [0.4, 0.5) is 5.69 Å². The molecule has 0 aliphatic rings. The molecule has 1 amide bonds. The van der Waals surface area contributed by atoms with Gasteiger partial charge in [-0.05, 0) is 47.9 Å². The molecule has 2 rings (SSSR count). The van der Waals surface area contributed by atoms with Crippen molar-refractivity contribution in [2.75, 3.05) is 18.5 Å². The van der Waals surface area contributed by atoms with Crippen molar-refractivity contribution in [3.63, 3.8) is 0 Å². The van der Waals surface area contributed by atoms with Crippen molar-refractivity contribution in [1.82, 2.24) is 0 Å². The molecular weight excluding hydrogens is 334 g/mol. The molecule has 0 fully saturated rings. The van der Waals surface area contributed by atoms with Crippen LogP contribution in [0, 0.1) is 0 Å². The molecule has 0 spiro atoms. The monoisotopic (exact) mass is 355 g/mol. The predicted molar refractivity (Wildman–Crippen MR) is 97.4 cm³/mol. The Hall–Kier alpha value is -3.15. The van der Waals surface area contributed by atoms with Gasteiger partial charge in [0, 0.05) is 11.3 Å². The summed E-state index contributed by atoms with van der Waals surface area (Å²) in [5.41, 5.74) is 2.33. The number of amides is 1. The van der Waals surface area contributed by atoms with Crippen molar-refractivity contribution >= 4 is 23.9 Å². The Balaban J connectivity index is 1.72. The Labute approximate surface area is 152 Å². The molecule has 0 radical (unpaired) electrons. The van der Waals surface area contributed by atoms with Gasteiger partial charge in [-0.25, -0.2) is 4.79 Å². The second-order valence-electron chi connectivity index (χ2n) is 5.96. The largest absolute Gasteiger partial charge is 0.482 e. The highest BCUT2D eigenvalue weighted by Gasteiger charge is 2.09. The van der Waals surface area contributed by atoms with Gasteiger partial charge in [-0.3, -0.25) is 9.59 Å². The fourth-order valence-electron chi connectivity index (χ4n) is 2.12. The van der Waals surface area contributed by atoms with E-state index in [9.17, 15) is 14.4 Å². The summed E-state index contributed by atoms with van der Waals surface area (Å²) >= 11 is 0. The normalized spacial score (nSPS) is 10.3. The Kier molecular flexibility index (Phi) is 6.91. The second kappa shape index (κ2) is 9.36. The number of esters is 1. The highest BCUT2D eigenvalue weighted by molar-refractivity contribution is 5.92. The minimum Gasteiger partial charge on any atom is -0.482 e. The van der Waals surface area contributed by atoms with E-state index in [1.54, 1.807) is 36.4 Å². The van der Waals surface area contributed by atoms with E-state index in [-0.39, 0.29) is 6.61 Å². The molecule has 136 valence electrons. The van der Waals surface area contributed by atoms with Crippen LogP contribution in [0.5, 0.6) is 5.75 Å². The number of rotatable bonds is 8. The average Bonchev–Trinajstić information content (AvgIpc) is 2.65. The van der Waals surface area contributed by atoms with Crippen LogP contribution in [-0.4, -0.2) is 31.4 Å². The molecule has 6 heteroatoms. The second-order valence-corrected chi connectivity index (χ2v) is 5.96. The summed E-state index contributed by atoms with van der Waals surface area (Å²) in [7, 11) is 0. The molecule has 26 heavy (non-hydrogen) atoms. The van der Waals surface area contributed by atoms with Gasteiger partial charge >= 0.3 is 5.97 Å². The molecule has 0 unspecified atom stereocenters. The predicted octanol–water partition coefficient (Wildman–Crippen LogP) is 3.18. The molecular formula is C20H21NO5. The van der Waals surface area contributed by atoms with Crippen molar-refractivity contribution in [2.45, 2.75) is 19.8 Å². The van der Waals surface area contributed by atoms with Gasteiger partial charge in [0.05, 0.1) is 0 Å². The van der Waals surface area contributed by atoms with E-state index in [2.05, 4.69) is 19.2 Å². The maximum Gasteiger partial charge on any atom is 0.344 e. The van der Waals surface area contributed by atoms with Gasteiger partial charge in [-0.2, -0.15) is 0 Å². The molecule has 6 nitrogen and oxygen atoms in total. The van der Waals surface area contributed by atoms with E-state index < -0.39 is 18.5 Å². The molecule has 2 aromatic carbocycles. The molecule has 0 aliphatic carbocycles. The molecule has 0 heterocycles. The number of ether oxygens (including phenoxy) is 2. The van der Waals surface area contributed by atoms with Gasteiger partial charge in [0.15, 0.2) is 13.2 Å². The first kappa shape index (κ1) is 19.2. The smallest absolute Gasteiger partial charge is 0.344 e. The lowest BCUT2D eigenvalue weighted by Gasteiger charge is -2.09. The summed E-state index contributed by atoms with van der Waals surface area (Å²) in [6, 6.07) is 13.8. The number of carbonyl (C=O) groups excluding carboxylic acids is 3. The van der Waals surface area contributed by atoms with E-state index in [1.165, 1.54) is 5.56 Å². The standard InChI is InChI=1S/C20H21NO5/c1-14(2)16-5-7-17(8-6-16)21-19(23)12-26-20(24)13-25-18-9-3-15(11-22)4-10-18/h3-11,14H,12-13H2,1-2H3,(H,21,23). The van der Waals surface area contributed by atoms with Crippen LogP contribution in [0.3, 0.4) is 0 Å². The number of hydrogen-bond donors (Lipinski definition) is 1. The van der Waals surface area contributed by atoms with Crippen molar-refractivity contribution < 1.29 is 23.9 Å². The molecule has 0 saturated heterocycles. The Morgan fingerprint density at radius 1 is 1.00 bits per heavy atom. The van der Waals surface area contributed by atoms with Gasteiger partial charge in [0.25, 0.3) is 5.91 Å². The van der Waals surface area contributed by atoms with E-state index >= 15 is 0 Å². The molecule has 0 aromatic heterocycles. The van der Waals surface area contributed by atoms with Gasteiger partial charge in [0.2, 0.25) is 0 Å². The SMILES string of the molecule is CC(C)c1ccc(NC(=O)COC(=O)COc2ccc(C=O)cc2)cc1. The number of aldehydes is 1. The van der Waals surface area contributed by atoms with Crippen molar-refractivity contribution in [2.24, 2.45) is 0 Å². The minimum atomic E-state index is -0.658. The van der Waals surface area contributed by atoms with Crippen LogP contribution in [-0.2, 0) is 14.3 Å². The minimum absolute atomic E-state index is 0.323. The molecule has 0 bridgehead atoms. The Morgan fingerprint density at radius 2 is 1.65 bits per heavy atom. The zero-order chi connectivity index (χ0) is 18.9. The van der Waals surface area contributed by atoms with Gasteiger partial charge in [-0.15, -0.1) is 0 Å². The lowest BCUT2D eigenvalue weighted by atomic mass is 10.0. The van der Waals surface area contributed by atoms with Crippen LogP contribution < -0.4 is 10.1 Å². The molecule has 0 atom stereocenters. The van der Waals surface area contributed by atoms with Crippen molar-refractivity contribution in [3.05, 3.63) is 59.7 Å². The topological polar surface area (TPSA) is 81.7 Å². The maximum absolute atomic E-state index is 11.8. The van der Waals surface area contributed by atoms with E-state index in [1.807, 2.05) is 12.1 Å². The molecule has 2 aromatic rings. The number of benzene rings is 2. The van der Waals surface area contributed by atoms with Crippen LogP contribution in [0.1, 0.15) is 35.7 Å². The summed E-state index contributed by atoms with van der Waals surface area (Å²) in [5.74, 6) is -0.238. The number of anilines is 1. The Morgan fingerprint density at radius 3 is 2.23 bits per heavy atom. The zero-order valence-corrected chi connectivity index (χ0v) is 14.7. The van der Waals surface area contributed by atoms with Crippen LogP contribution >= 0.6 is 0 Å². The first-order chi connectivity index (χ1) is 12.5. The summed E-state index contributed by atoms with van der Waals surface area (Å²) in [6.45, 7) is 3.46. The fourth-order valence-corrected chi connectivity index (χ4v) is 2.12. The molecule has 1 N–H and O–H groups in total. The maximum atomic E-state index is 11.8. The van der Waals surface area contributed by atoms with Crippen LogP contribution in [0.25, 0.3) is 0 Å². The van der Waals surface area contributed by atoms with Crippen molar-refractivity contribution in [1.29, 1.82) is 0 Å². The number of nitrogens with one attached hydrogen (secondary N) is 1. The third-order valence-corrected chi connectivity index (χ3v) is 3.60. The third-order valence-electron chi connectivity index (χ3n) is 3.60. The van der Waals surface area contributed by atoms with Gasteiger partial charge in [0.1, 0.15) is 12.0 Å². The first-order valence-electron chi connectivity index (χ1n) is 8.21. The average molecular weight is 355 g/mol. The van der Waals surface area contributed by atoms with Crippen LogP contribution in [0.15, 0.2) is 48.5 Å². The zero-order valence-electron chi connectivity index (χ0n) is 14.7. The summed E-state index contributed by atoms with van der Waals surface area (Å²) in [4.78, 5) is 34.0. The van der Waals surface area contributed by atoms with E-state index in [0.29, 0.717) is 29.2 Å².